The molecule has 0 aromatic carbocycles. The lowest BCUT2D eigenvalue weighted by Crippen LogP contribution is -2.31. The third kappa shape index (κ3) is 2.90. The lowest BCUT2D eigenvalue weighted by molar-refractivity contribution is 0.0866. The van der Waals surface area contributed by atoms with Crippen molar-refractivity contribution in [1.82, 2.24) is 10.3 Å². The smallest absolute Gasteiger partial charge is 0.269 e. The lowest BCUT2D eigenvalue weighted by Gasteiger charge is -2.10. The molecule has 1 amide bonds. The van der Waals surface area contributed by atoms with E-state index in [1.54, 1.807) is 14.0 Å². The molecule has 1 unspecified atom stereocenters. The van der Waals surface area contributed by atoms with Crippen LogP contribution in [0.5, 0.6) is 0 Å². The quantitative estimate of drug-likeness (QED) is 0.878. The first-order valence-electron chi connectivity index (χ1n) is 4.82. The van der Waals surface area contributed by atoms with Gasteiger partial charge in [-0.15, -0.1) is 0 Å². The van der Waals surface area contributed by atoms with Crippen molar-refractivity contribution in [1.29, 1.82) is 0 Å². The van der Waals surface area contributed by atoms with E-state index in [9.17, 15) is 4.79 Å². The number of hydrogen-bond acceptors (Lipinski definition) is 2. The predicted molar refractivity (Wildman–Crippen MR) is 64.4 cm³/mol. The van der Waals surface area contributed by atoms with Crippen molar-refractivity contribution >= 4 is 29.1 Å². The summed E-state index contributed by atoms with van der Waals surface area (Å²) in [5.74, 6) is -0.288. The number of rotatable bonds is 4. The summed E-state index contributed by atoms with van der Waals surface area (Å²) in [6.45, 7) is 4.03. The highest BCUT2D eigenvalue weighted by Crippen LogP contribution is 2.28. The average molecular weight is 265 g/mol. The van der Waals surface area contributed by atoms with Crippen LogP contribution in [0.3, 0.4) is 0 Å². The molecule has 0 fully saturated rings. The van der Waals surface area contributed by atoms with Gasteiger partial charge >= 0.3 is 0 Å². The second kappa shape index (κ2) is 5.57. The van der Waals surface area contributed by atoms with Gasteiger partial charge in [-0.2, -0.15) is 0 Å². The minimum absolute atomic E-state index is 0.0470. The van der Waals surface area contributed by atoms with Gasteiger partial charge in [-0.25, -0.2) is 0 Å². The number of methoxy groups -OCH3 is 1. The molecule has 0 saturated heterocycles. The number of aryl methyl sites for hydroxylation is 1. The minimum Gasteiger partial charge on any atom is -0.380 e. The first-order valence-corrected chi connectivity index (χ1v) is 5.57. The number of hydrogen-bond donors (Lipinski definition) is 2. The fourth-order valence-corrected chi connectivity index (χ4v) is 1.55. The second-order valence-corrected chi connectivity index (χ2v) is 4.27. The SMILES string of the molecule is COC(C)CNC(=O)c1[nH]c(C)c(Cl)c1Cl. The van der Waals surface area contributed by atoms with Gasteiger partial charge in [-0.1, -0.05) is 23.2 Å². The van der Waals surface area contributed by atoms with E-state index in [0.29, 0.717) is 17.3 Å². The Bertz CT molecular complexity index is 390. The fourth-order valence-electron chi connectivity index (χ4n) is 1.14. The summed E-state index contributed by atoms with van der Waals surface area (Å²) >= 11 is 11.8. The number of carbonyl (C=O) groups excluding carboxylic acids is 1. The molecule has 1 heterocycles. The average Bonchev–Trinajstić information content (AvgIpc) is 2.53. The highest BCUT2D eigenvalue weighted by molar-refractivity contribution is 6.44. The predicted octanol–water partition coefficient (Wildman–Crippen LogP) is 2.39. The van der Waals surface area contributed by atoms with E-state index in [4.69, 9.17) is 27.9 Å². The zero-order valence-electron chi connectivity index (χ0n) is 9.36. The van der Waals surface area contributed by atoms with Gasteiger partial charge in [-0.05, 0) is 13.8 Å². The molecule has 1 atom stereocenters. The maximum Gasteiger partial charge on any atom is 0.269 e. The summed E-state index contributed by atoms with van der Waals surface area (Å²) in [6.07, 6.45) is -0.0470. The van der Waals surface area contributed by atoms with Crippen LogP contribution in [0.15, 0.2) is 0 Å². The molecule has 1 rings (SSSR count). The van der Waals surface area contributed by atoms with Crippen molar-refractivity contribution in [3.63, 3.8) is 0 Å². The van der Waals surface area contributed by atoms with Crippen LogP contribution in [-0.4, -0.2) is 30.6 Å². The molecule has 16 heavy (non-hydrogen) atoms. The summed E-state index contributed by atoms with van der Waals surface area (Å²) in [6, 6.07) is 0. The second-order valence-electron chi connectivity index (χ2n) is 3.51. The van der Waals surface area contributed by atoms with Crippen LogP contribution >= 0.6 is 23.2 Å². The van der Waals surface area contributed by atoms with Crippen LogP contribution in [0.4, 0.5) is 0 Å². The largest absolute Gasteiger partial charge is 0.380 e. The number of H-pyrrole nitrogens is 1. The van der Waals surface area contributed by atoms with Crippen molar-refractivity contribution in [3.05, 3.63) is 21.4 Å². The topological polar surface area (TPSA) is 54.1 Å². The Balaban J connectivity index is 2.70. The van der Waals surface area contributed by atoms with Gasteiger partial charge in [0.2, 0.25) is 0 Å². The van der Waals surface area contributed by atoms with Gasteiger partial charge in [0.15, 0.2) is 0 Å². The molecule has 6 heteroatoms. The number of amides is 1. The van der Waals surface area contributed by atoms with Crippen molar-refractivity contribution in [2.45, 2.75) is 20.0 Å². The highest BCUT2D eigenvalue weighted by atomic mass is 35.5. The van der Waals surface area contributed by atoms with Crippen molar-refractivity contribution in [2.75, 3.05) is 13.7 Å². The highest BCUT2D eigenvalue weighted by Gasteiger charge is 2.17. The zero-order chi connectivity index (χ0) is 12.3. The molecular weight excluding hydrogens is 251 g/mol. The zero-order valence-corrected chi connectivity index (χ0v) is 10.9. The van der Waals surface area contributed by atoms with Crippen LogP contribution in [0.25, 0.3) is 0 Å². The number of nitrogens with one attached hydrogen (secondary N) is 2. The fraction of sp³-hybridized carbons (Fsp3) is 0.500. The third-order valence-electron chi connectivity index (χ3n) is 2.23. The number of aromatic amines is 1. The van der Waals surface area contributed by atoms with E-state index < -0.39 is 0 Å². The van der Waals surface area contributed by atoms with Crippen molar-refractivity contribution < 1.29 is 9.53 Å². The van der Waals surface area contributed by atoms with Crippen LogP contribution in [0, 0.1) is 6.92 Å². The van der Waals surface area contributed by atoms with E-state index in [2.05, 4.69) is 10.3 Å². The lowest BCUT2D eigenvalue weighted by atomic mass is 10.3. The number of carbonyl (C=O) groups is 1. The Morgan fingerprint density at radius 1 is 1.50 bits per heavy atom. The summed E-state index contributed by atoms with van der Waals surface area (Å²) in [5.41, 5.74) is 0.962. The first-order chi connectivity index (χ1) is 7.47. The van der Waals surface area contributed by atoms with Gasteiger partial charge in [0.1, 0.15) is 5.69 Å². The van der Waals surface area contributed by atoms with Crippen molar-refractivity contribution in [2.24, 2.45) is 0 Å². The standard InChI is InChI=1S/C10H14Cl2N2O2/c1-5(16-3)4-13-10(15)9-8(12)7(11)6(2)14-9/h5,14H,4H2,1-3H3,(H,13,15). The molecule has 90 valence electrons. The number of aromatic nitrogens is 1. The summed E-state index contributed by atoms with van der Waals surface area (Å²) in [5, 5.41) is 3.33. The Morgan fingerprint density at radius 3 is 2.56 bits per heavy atom. The third-order valence-corrected chi connectivity index (χ3v) is 3.18. The van der Waals surface area contributed by atoms with Crippen LogP contribution in [0.2, 0.25) is 10.0 Å². The van der Waals surface area contributed by atoms with Gasteiger partial charge in [0.25, 0.3) is 5.91 Å². The Morgan fingerprint density at radius 2 is 2.12 bits per heavy atom. The van der Waals surface area contributed by atoms with E-state index in [1.165, 1.54) is 0 Å². The van der Waals surface area contributed by atoms with Gasteiger partial charge < -0.3 is 15.0 Å². The molecule has 0 spiro atoms. The molecule has 1 aromatic rings. The molecule has 2 N–H and O–H groups in total. The van der Waals surface area contributed by atoms with Crippen LogP contribution in [0.1, 0.15) is 23.1 Å². The minimum atomic E-state index is -0.288. The summed E-state index contributed by atoms with van der Waals surface area (Å²) in [7, 11) is 1.58. The van der Waals surface area contributed by atoms with E-state index in [1.807, 2.05) is 6.92 Å². The van der Waals surface area contributed by atoms with Gasteiger partial charge in [0, 0.05) is 19.3 Å². The Labute approximate surface area is 104 Å². The van der Waals surface area contributed by atoms with Gasteiger partial charge in [-0.3, -0.25) is 4.79 Å². The maximum absolute atomic E-state index is 11.7. The van der Waals surface area contributed by atoms with E-state index in [0.717, 1.165) is 0 Å². The normalized spacial score (nSPS) is 12.6. The van der Waals surface area contributed by atoms with E-state index >= 15 is 0 Å². The van der Waals surface area contributed by atoms with Crippen LogP contribution in [-0.2, 0) is 4.74 Å². The molecule has 0 bridgehead atoms. The molecule has 1 aromatic heterocycles. The van der Waals surface area contributed by atoms with Gasteiger partial charge in [0.05, 0.1) is 16.1 Å². The first kappa shape index (κ1) is 13.4. The molecule has 0 radical (unpaired) electrons. The summed E-state index contributed by atoms with van der Waals surface area (Å²) < 4.78 is 5.01. The molecular formula is C10H14Cl2N2O2. The Kier molecular flexibility index (Phi) is 4.65. The number of ether oxygens (including phenoxy) is 1. The monoisotopic (exact) mass is 264 g/mol. The molecule has 4 nitrogen and oxygen atoms in total. The van der Waals surface area contributed by atoms with Crippen molar-refractivity contribution in [3.8, 4) is 0 Å². The van der Waals surface area contributed by atoms with E-state index in [-0.39, 0.29) is 22.7 Å². The Hall–Kier alpha value is -0.710. The molecule has 0 aliphatic heterocycles. The number of halogens is 2. The maximum atomic E-state index is 11.7. The molecule has 0 saturated carbocycles. The van der Waals surface area contributed by atoms with Crippen LogP contribution < -0.4 is 5.32 Å². The summed E-state index contributed by atoms with van der Waals surface area (Å²) in [4.78, 5) is 14.5. The molecule has 0 aliphatic carbocycles. The molecule has 0 aliphatic rings.